The molecule has 0 saturated carbocycles. The van der Waals surface area contributed by atoms with Gasteiger partial charge >= 0.3 is 5.95 Å². The molecule has 1 aromatic heterocycles. The number of nitrogens with zero attached hydrogens (tertiary/aromatic N) is 4. The molecular formula is C11H16N4O4. The predicted molar refractivity (Wildman–Crippen MR) is 64.4 cm³/mol. The van der Waals surface area contributed by atoms with Crippen LogP contribution in [0.15, 0.2) is 12.4 Å². The zero-order chi connectivity index (χ0) is 13.6. The highest BCUT2D eigenvalue weighted by molar-refractivity contribution is 5.21. The second kappa shape index (κ2) is 4.26. The van der Waals surface area contributed by atoms with E-state index in [4.69, 9.17) is 4.74 Å². The van der Waals surface area contributed by atoms with E-state index in [9.17, 15) is 15.2 Å². The number of imidazole rings is 1. The van der Waals surface area contributed by atoms with Crippen LogP contribution in [-0.4, -0.2) is 55.5 Å². The van der Waals surface area contributed by atoms with Crippen molar-refractivity contribution in [1.29, 1.82) is 0 Å². The van der Waals surface area contributed by atoms with E-state index in [1.807, 2.05) is 4.90 Å². The topological polar surface area (TPSA) is 93.4 Å². The molecule has 0 aromatic carbocycles. The summed E-state index contributed by atoms with van der Waals surface area (Å²) in [6, 6.07) is 0.225. The van der Waals surface area contributed by atoms with E-state index < -0.39 is 11.2 Å². The normalized spacial score (nSPS) is 34.6. The smallest absolute Gasteiger partial charge is 0.390 e. The van der Waals surface area contributed by atoms with Crippen molar-refractivity contribution >= 4 is 5.95 Å². The van der Waals surface area contributed by atoms with Crippen LogP contribution in [0.5, 0.6) is 0 Å². The Morgan fingerprint density at radius 1 is 1.79 bits per heavy atom. The first kappa shape index (κ1) is 12.5. The van der Waals surface area contributed by atoms with Crippen LogP contribution in [0.1, 0.15) is 13.3 Å². The molecule has 0 aliphatic carbocycles. The number of ether oxygens (including phenoxy) is 1. The Kier molecular flexibility index (Phi) is 2.80. The van der Waals surface area contributed by atoms with Crippen LogP contribution in [0.3, 0.4) is 0 Å². The Labute approximate surface area is 109 Å². The lowest BCUT2D eigenvalue weighted by molar-refractivity contribution is -0.396. The van der Waals surface area contributed by atoms with Gasteiger partial charge in [-0.2, -0.15) is 0 Å². The van der Waals surface area contributed by atoms with Gasteiger partial charge in [0.25, 0.3) is 0 Å². The van der Waals surface area contributed by atoms with Crippen molar-refractivity contribution in [2.24, 2.45) is 0 Å². The van der Waals surface area contributed by atoms with Gasteiger partial charge in [0, 0.05) is 12.6 Å². The first-order valence-electron chi connectivity index (χ1n) is 6.26. The maximum absolute atomic E-state index is 10.9. The van der Waals surface area contributed by atoms with Crippen LogP contribution in [0, 0.1) is 10.1 Å². The molecule has 4 unspecified atom stereocenters. The van der Waals surface area contributed by atoms with Gasteiger partial charge in [-0.1, -0.05) is 4.98 Å². The second-order valence-corrected chi connectivity index (χ2v) is 5.11. The van der Waals surface area contributed by atoms with E-state index in [1.165, 1.54) is 10.8 Å². The Hall–Kier alpha value is -1.51. The van der Waals surface area contributed by atoms with Crippen molar-refractivity contribution in [3.05, 3.63) is 22.5 Å². The van der Waals surface area contributed by atoms with E-state index >= 15 is 0 Å². The van der Waals surface area contributed by atoms with Crippen LogP contribution in [0.2, 0.25) is 0 Å². The van der Waals surface area contributed by atoms with Crippen LogP contribution in [-0.2, 0) is 11.3 Å². The molecule has 2 aliphatic rings. The number of aliphatic hydroxyl groups excluding tert-OH is 1. The fourth-order valence-electron chi connectivity index (χ4n) is 3.24. The summed E-state index contributed by atoms with van der Waals surface area (Å²) in [5, 5.41) is 20.7. The van der Waals surface area contributed by atoms with Crippen molar-refractivity contribution in [2.45, 2.75) is 37.7 Å². The van der Waals surface area contributed by atoms with Gasteiger partial charge < -0.3 is 20.0 Å². The van der Waals surface area contributed by atoms with E-state index in [-0.39, 0.29) is 17.5 Å². The molecule has 0 radical (unpaired) electrons. The Bertz CT molecular complexity index is 503. The highest BCUT2D eigenvalue weighted by atomic mass is 16.6. The molecule has 2 fully saturated rings. The maximum Gasteiger partial charge on any atom is 0.434 e. The van der Waals surface area contributed by atoms with Crippen LogP contribution in [0.4, 0.5) is 5.95 Å². The summed E-state index contributed by atoms with van der Waals surface area (Å²) in [5.74, 6) is -0.170. The molecule has 1 N–H and O–H groups in total. The van der Waals surface area contributed by atoms with Gasteiger partial charge in [-0.05, 0) is 18.3 Å². The molecular weight excluding hydrogens is 252 g/mol. The van der Waals surface area contributed by atoms with E-state index in [0.29, 0.717) is 19.8 Å². The predicted octanol–water partition coefficient (Wildman–Crippen LogP) is -0.0271. The number of aromatic nitrogens is 2. The molecule has 8 heteroatoms. The molecule has 2 saturated heterocycles. The number of hydrogen-bond donors (Lipinski definition) is 1. The highest BCUT2D eigenvalue weighted by Gasteiger charge is 2.66. The minimum Gasteiger partial charge on any atom is -0.390 e. The first-order valence-corrected chi connectivity index (χ1v) is 6.26. The fraction of sp³-hybridized carbons (Fsp3) is 0.727. The number of fused-ring (bicyclic) bond motifs is 1. The van der Waals surface area contributed by atoms with Crippen molar-refractivity contribution in [3.8, 4) is 0 Å². The zero-order valence-electron chi connectivity index (χ0n) is 10.6. The Morgan fingerprint density at radius 2 is 2.58 bits per heavy atom. The summed E-state index contributed by atoms with van der Waals surface area (Å²) in [6.07, 6.45) is 3.28. The van der Waals surface area contributed by atoms with Gasteiger partial charge in [0.1, 0.15) is 18.6 Å². The van der Waals surface area contributed by atoms with E-state index in [0.717, 1.165) is 6.42 Å². The molecule has 0 amide bonds. The SMILES string of the molecule is CC(O)N1C2CCOCC21Cn1ccnc1[N+](=O)[O-]. The van der Waals surface area contributed by atoms with Gasteiger partial charge in [-0.15, -0.1) is 0 Å². The molecule has 2 aliphatic heterocycles. The average Bonchev–Trinajstić information content (AvgIpc) is 2.78. The lowest BCUT2D eigenvalue weighted by atomic mass is 10.0. The molecule has 104 valence electrons. The molecule has 1 aromatic rings. The van der Waals surface area contributed by atoms with Crippen molar-refractivity contribution in [3.63, 3.8) is 0 Å². The monoisotopic (exact) mass is 268 g/mol. The lowest BCUT2D eigenvalue weighted by Gasteiger charge is -2.20. The van der Waals surface area contributed by atoms with Gasteiger partial charge in [0.2, 0.25) is 0 Å². The summed E-state index contributed by atoms with van der Waals surface area (Å²) in [4.78, 5) is 16.1. The molecule has 0 spiro atoms. The first-order chi connectivity index (χ1) is 9.06. The summed E-state index contributed by atoms with van der Waals surface area (Å²) >= 11 is 0. The van der Waals surface area contributed by atoms with Crippen LogP contribution < -0.4 is 0 Å². The number of aliphatic hydroxyl groups is 1. The minimum atomic E-state index is -0.575. The van der Waals surface area contributed by atoms with E-state index in [2.05, 4.69) is 4.98 Å². The van der Waals surface area contributed by atoms with Gasteiger partial charge in [0.05, 0.1) is 18.7 Å². The van der Waals surface area contributed by atoms with Crippen molar-refractivity contribution in [2.75, 3.05) is 13.2 Å². The Morgan fingerprint density at radius 3 is 3.26 bits per heavy atom. The summed E-state index contributed by atoms with van der Waals surface area (Å²) < 4.78 is 7.02. The third kappa shape index (κ3) is 1.83. The minimum absolute atomic E-state index is 0.170. The van der Waals surface area contributed by atoms with Crippen LogP contribution >= 0.6 is 0 Å². The number of nitro groups is 1. The quantitative estimate of drug-likeness (QED) is 0.468. The lowest BCUT2D eigenvalue weighted by Crippen LogP contribution is -2.36. The largest absolute Gasteiger partial charge is 0.434 e. The van der Waals surface area contributed by atoms with Crippen LogP contribution in [0.25, 0.3) is 0 Å². The van der Waals surface area contributed by atoms with E-state index in [1.54, 1.807) is 13.1 Å². The number of rotatable bonds is 4. The standard InChI is InChI=1S/C11H16N4O4/c1-8(16)14-9-2-5-19-7-11(9,14)6-13-4-3-12-10(13)15(17)18/h3-4,8-9,16H,2,5-7H2,1H3. The summed E-state index contributed by atoms with van der Waals surface area (Å²) in [5.41, 5.74) is -0.335. The molecule has 3 rings (SSSR count). The van der Waals surface area contributed by atoms with Crippen molar-refractivity contribution in [1.82, 2.24) is 14.5 Å². The molecule has 0 bridgehead atoms. The third-order valence-electron chi connectivity index (χ3n) is 3.99. The van der Waals surface area contributed by atoms with Gasteiger partial charge in [0.15, 0.2) is 0 Å². The molecule has 3 heterocycles. The van der Waals surface area contributed by atoms with Crippen molar-refractivity contribution < 1.29 is 14.8 Å². The molecule has 4 atom stereocenters. The molecule has 19 heavy (non-hydrogen) atoms. The summed E-state index contributed by atoms with van der Waals surface area (Å²) in [6.45, 7) is 3.28. The van der Waals surface area contributed by atoms with Gasteiger partial charge in [-0.3, -0.25) is 4.90 Å². The second-order valence-electron chi connectivity index (χ2n) is 5.11. The molecule has 8 nitrogen and oxygen atoms in total. The Balaban J connectivity index is 1.85. The fourth-order valence-corrected chi connectivity index (χ4v) is 3.24. The summed E-state index contributed by atoms with van der Waals surface area (Å²) in [7, 11) is 0. The van der Waals surface area contributed by atoms with Gasteiger partial charge in [-0.25, -0.2) is 4.57 Å². The highest BCUT2D eigenvalue weighted by Crippen LogP contribution is 2.48. The maximum atomic E-state index is 10.9. The average molecular weight is 268 g/mol. The third-order valence-corrected chi connectivity index (χ3v) is 3.99. The number of hydrogen-bond acceptors (Lipinski definition) is 6. The zero-order valence-corrected chi connectivity index (χ0v) is 10.6.